The Hall–Kier alpha value is -1.42. The summed E-state index contributed by atoms with van der Waals surface area (Å²) in [5.41, 5.74) is 1.49. The highest BCUT2D eigenvalue weighted by atomic mass is 19.1. The number of aliphatic carboxylic acids is 1. The van der Waals surface area contributed by atoms with Crippen LogP contribution in [0.5, 0.6) is 0 Å². The van der Waals surface area contributed by atoms with Crippen molar-refractivity contribution < 1.29 is 14.3 Å². The molecule has 0 spiro atoms. The molecule has 0 unspecified atom stereocenters. The Morgan fingerprint density at radius 1 is 1.55 bits per heavy atom. The molecule has 0 aromatic heterocycles. The van der Waals surface area contributed by atoms with Gasteiger partial charge in [0.1, 0.15) is 5.82 Å². The highest BCUT2D eigenvalue weighted by Crippen LogP contribution is 2.49. The third-order valence-electron chi connectivity index (χ3n) is 5.07. The number of halogens is 1. The Labute approximate surface area is 118 Å². The average Bonchev–Trinajstić information content (AvgIpc) is 2.90. The molecule has 1 heterocycles. The van der Waals surface area contributed by atoms with Gasteiger partial charge in [0.25, 0.3) is 0 Å². The van der Waals surface area contributed by atoms with E-state index in [4.69, 9.17) is 0 Å². The summed E-state index contributed by atoms with van der Waals surface area (Å²) >= 11 is 0. The van der Waals surface area contributed by atoms with Crippen LogP contribution in [0.2, 0.25) is 0 Å². The van der Waals surface area contributed by atoms with Gasteiger partial charge in [-0.3, -0.25) is 9.69 Å². The van der Waals surface area contributed by atoms with Crippen molar-refractivity contribution in [1.29, 1.82) is 0 Å². The molecule has 1 saturated heterocycles. The van der Waals surface area contributed by atoms with E-state index in [0.717, 1.165) is 43.5 Å². The number of likely N-dealkylation sites (tertiary alicyclic amines) is 1. The van der Waals surface area contributed by atoms with Crippen LogP contribution < -0.4 is 0 Å². The van der Waals surface area contributed by atoms with Crippen LogP contribution >= 0.6 is 0 Å². The molecule has 1 aromatic carbocycles. The Bertz CT molecular complexity index is 545. The fourth-order valence-electron chi connectivity index (χ4n) is 3.94. The van der Waals surface area contributed by atoms with Gasteiger partial charge in [-0.15, -0.1) is 0 Å². The summed E-state index contributed by atoms with van der Waals surface area (Å²) < 4.78 is 13.1. The minimum atomic E-state index is -0.640. The van der Waals surface area contributed by atoms with E-state index in [1.165, 1.54) is 6.07 Å². The maximum atomic E-state index is 13.1. The zero-order chi connectivity index (χ0) is 14.3. The highest BCUT2D eigenvalue weighted by molar-refractivity contribution is 5.76. The number of fused-ring (bicyclic) bond motifs is 1. The fourth-order valence-corrected chi connectivity index (χ4v) is 3.94. The van der Waals surface area contributed by atoms with Gasteiger partial charge in [-0.2, -0.15) is 0 Å². The summed E-state index contributed by atoms with van der Waals surface area (Å²) in [5.74, 6) is -0.578. The third kappa shape index (κ3) is 2.12. The predicted octanol–water partition coefficient (Wildman–Crippen LogP) is 2.82. The molecular weight excluding hydrogens is 257 g/mol. The lowest BCUT2D eigenvalue weighted by atomic mass is 9.81. The number of nitrogens with zero attached hydrogens (tertiary/aromatic N) is 1. The van der Waals surface area contributed by atoms with E-state index in [-0.39, 0.29) is 11.7 Å². The van der Waals surface area contributed by atoms with Crippen LogP contribution in [0.3, 0.4) is 0 Å². The topological polar surface area (TPSA) is 40.5 Å². The van der Waals surface area contributed by atoms with Gasteiger partial charge in [0.2, 0.25) is 0 Å². The molecule has 1 N–H and O–H groups in total. The largest absolute Gasteiger partial charge is 0.481 e. The molecule has 1 saturated carbocycles. The molecule has 4 heteroatoms. The second kappa shape index (κ2) is 4.85. The molecule has 1 aliphatic carbocycles. The third-order valence-corrected chi connectivity index (χ3v) is 5.07. The first-order chi connectivity index (χ1) is 9.51. The second-order valence-electron chi connectivity index (χ2n) is 6.29. The normalized spacial score (nSPS) is 29.6. The standard InChI is InChI=1S/C16H20FNO2/c1-11-7-14(17)5-4-12(11)8-18-9-13-3-2-6-16(13,10-18)15(19)20/h4-5,7,13H,2-3,6,8-10H2,1H3,(H,19,20)/t13-,16+/m0/s1. The van der Waals surface area contributed by atoms with Crippen LogP contribution in [-0.2, 0) is 11.3 Å². The molecule has 2 fully saturated rings. The van der Waals surface area contributed by atoms with E-state index in [1.54, 1.807) is 6.07 Å². The molecule has 1 aliphatic heterocycles. The van der Waals surface area contributed by atoms with Crippen LogP contribution in [0.4, 0.5) is 4.39 Å². The van der Waals surface area contributed by atoms with Gasteiger partial charge in [-0.1, -0.05) is 12.5 Å². The minimum absolute atomic E-state index is 0.216. The SMILES string of the molecule is Cc1cc(F)ccc1CN1C[C@@H]2CCC[C@@]2(C(=O)O)C1. The molecule has 1 aromatic rings. The van der Waals surface area contributed by atoms with Crippen molar-refractivity contribution in [2.75, 3.05) is 13.1 Å². The number of carboxylic acid groups (broad SMARTS) is 1. The quantitative estimate of drug-likeness (QED) is 0.923. The molecular formula is C16H20FNO2. The Kier molecular flexibility index (Phi) is 3.28. The molecule has 2 aliphatic rings. The smallest absolute Gasteiger partial charge is 0.311 e. The summed E-state index contributed by atoms with van der Waals surface area (Å²) in [6, 6.07) is 4.83. The molecule has 2 atom stereocenters. The van der Waals surface area contributed by atoms with Crippen molar-refractivity contribution in [3.05, 3.63) is 35.1 Å². The summed E-state index contributed by atoms with van der Waals surface area (Å²) in [5, 5.41) is 9.57. The fraction of sp³-hybridized carbons (Fsp3) is 0.562. The summed E-state index contributed by atoms with van der Waals surface area (Å²) in [4.78, 5) is 13.9. The van der Waals surface area contributed by atoms with Crippen molar-refractivity contribution in [3.63, 3.8) is 0 Å². The lowest BCUT2D eigenvalue weighted by molar-refractivity contribution is -0.149. The number of aryl methyl sites for hydroxylation is 1. The Morgan fingerprint density at radius 3 is 3.00 bits per heavy atom. The van der Waals surface area contributed by atoms with E-state index in [0.29, 0.717) is 6.54 Å². The first-order valence-electron chi connectivity index (χ1n) is 7.22. The van der Waals surface area contributed by atoms with E-state index >= 15 is 0 Å². The summed E-state index contributed by atoms with van der Waals surface area (Å²) in [6.07, 6.45) is 2.84. The zero-order valence-corrected chi connectivity index (χ0v) is 11.7. The monoisotopic (exact) mass is 277 g/mol. The zero-order valence-electron chi connectivity index (χ0n) is 11.7. The van der Waals surface area contributed by atoms with Crippen LogP contribution in [0.1, 0.15) is 30.4 Å². The summed E-state index contributed by atoms with van der Waals surface area (Å²) in [6.45, 7) is 4.10. The number of carboxylic acids is 1. The van der Waals surface area contributed by atoms with Crippen molar-refractivity contribution >= 4 is 5.97 Å². The molecule has 0 radical (unpaired) electrons. The van der Waals surface area contributed by atoms with Gasteiger partial charge < -0.3 is 5.11 Å². The average molecular weight is 277 g/mol. The number of rotatable bonds is 3. The minimum Gasteiger partial charge on any atom is -0.481 e. The van der Waals surface area contributed by atoms with E-state index in [1.807, 2.05) is 13.0 Å². The number of benzene rings is 1. The van der Waals surface area contributed by atoms with E-state index < -0.39 is 11.4 Å². The van der Waals surface area contributed by atoms with Crippen LogP contribution in [0.25, 0.3) is 0 Å². The molecule has 108 valence electrons. The highest BCUT2D eigenvalue weighted by Gasteiger charge is 2.54. The van der Waals surface area contributed by atoms with Crippen molar-refractivity contribution in [3.8, 4) is 0 Å². The van der Waals surface area contributed by atoms with Gasteiger partial charge in [0.15, 0.2) is 0 Å². The van der Waals surface area contributed by atoms with E-state index in [9.17, 15) is 14.3 Å². The van der Waals surface area contributed by atoms with Crippen molar-refractivity contribution in [2.24, 2.45) is 11.3 Å². The Morgan fingerprint density at radius 2 is 2.35 bits per heavy atom. The summed E-state index contributed by atoms with van der Waals surface area (Å²) in [7, 11) is 0. The Balaban J connectivity index is 1.76. The number of carbonyl (C=O) groups is 1. The van der Waals surface area contributed by atoms with Gasteiger partial charge in [0.05, 0.1) is 5.41 Å². The lowest BCUT2D eigenvalue weighted by Crippen LogP contribution is -2.35. The van der Waals surface area contributed by atoms with Gasteiger partial charge in [-0.05, 0) is 48.9 Å². The first-order valence-corrected chi connectivity index (χ1v) is 7.22. The molecule has 3 rings (SSSR count). The molecule has 20 heavy (non-hydrogen) atoms. The van der Waals surface area contributed by atoms with Crippen molar-refractivity contribution in [1.82, 2.24) is 4.90 Å². The second-order valence-corrected chi connectivity index (χ2v) is 6.29. The van der Waals surface area contributed by atoms with Crippen molar-refractivity contribution in [2.45, 2.75) is 32.7 Å². The maximum absolute atomic E-state index is 13.1. The first kappa shape index (κ1) is 13.6. The molecule has 0 bridgehead atoms. The van der Waals surface area contributed by atoms with Gasteiger partial charge in [0, 0.05) is 19.6 Å². The van der Waals surface area contributed by atoms with Gasteiger partial charge >= 0.3 is 5.97 Å². The van der Waals surface area contributed by atoms with Crippen LogP contribution in [0, 0.1) is 24.1 Å². The predicted molar refractivity (Wildman–Crippen MR) is 73.8 cm³/mol. The van der Waals surface area contributed by atoms with Crippen LogP contribution in [0.15, 0.2) is 18.2 Å². The van der Waals surface area contributed by atoms with E-state index in [2.05, 4.69) is 4.90 Å². The lowest BCUT2D eigenvalue weighted by Gasteiger charge is -2.23. The number of hydrogen-bond acceptors (Lipinski definition) is 2. The molecule has 0 amide bonds. The number of hydrogen-bond donors (Lipinski definition) is 1. The maximum Gasteiger partial charge on any atom is 0.311 e. The molecule has 3 nitrogen and oxygen atoms in total. The van der Waals surface area contributed by atoms with Crippen LogP contribution in [-0.4, -0.2) is 29.1 Å². The van der Waals surface area contributed by atoms with Gasteiger partial charge in [-0.25, -0.2) is 4.39 Å².